The summed E-state index contributed by atoms with van der Waals surface area (Å²) < 4.78 is 21.2. The van der Waals surface area contributed by atoms with Crippen molar-refractivity contribution in [1.82, 2.24) is 0 Å². The van der Waals surface area contributed by atoms with Gasteiger partial charge in [0.15, 0.2) is 0 Å². The van der Waals surface area contributed by atoms with Crippen LogP contribution in [0.1, 0.15) is 74.1 Å². The van der Waals surface area contributed by atoms with Gasteiger partial charge < -0.3 is 19.6 Å². The first-order chi connectivity index (χ1) is 14.7. The Balaban J connectivity index is 0. The van der Waals surface area contributed by atoms with Crippen molar-refractivity contribution in [2.45, 2.75) is 74.1 Å². The molecule has 0 radical (unpaired) electrons. The van der Waals surface area contributed by atoms with Gasteiger partial charge in [-0.2, -0.15) is 0 Å². The van der Waals surface area contributed by atoms with Crippen LogP contribution in [0.4, 0.5) is 0 Å². The van der Waals surface area contributed by atoms with Crippen LogP contribution in [-0.2, 0) is 23.5 Å². The molecule has 1 atom stereocenters. The summed E-state index contributed by atoms with van der Waals surface area (Å²) >= 11 is 0. The Morgan fingerprint density at radius 3 is 2.12 bits per heavy atom. The number of esters is 1. The van der Waals surface area contributed by atoms with Gasteiger partial charge in [-0.1, -0.05) is 28.9 Å². The Hall–Kier alpha value is -0.890. The number of nitrogens with zero attached hydrogens (tertiary/aromatic N) is 1. The smallest absolute Gasteiger partial charge is 0.859 e. The summed E-state index contributed by atoms with van der Waals surface area (Å²) in [5.74, 6) is -1.52. The Bertz CT molecular complexity index is 763. The van der Waals surface area contributed by atoms with Crippen molar-refractivity contribution in [2.24, 2.45) is 10.6 Å². The molecule has 0 amide bonds. The Kier molecular flexibility index (Phi) is 18.2. The first kappa shape index (κ1) is 34.3. The van der Waals surface area contributed by atoms with Gasteiger partial charge in [0, 0.05) is 5.90 Å². The average Bonchev–Trinajstić information content (AvgIpc) is 2.63. The summed E-state index contributed by atoms with van der Waals surface area (Å²) in [5, 5.41) is 15.0. The van der Waals surface area contributed by atoms with E-state index in [1.807, 2.05) is 13.0 Å². The average molecular weight is 496 g/mol. The van der Waals surface area contributed by atoms with E-state index in [2.05, 4.69) is 42.6 Å². The summed E-state index contributed by atoms with van der Waals surface area (Å²) in [6.07, 6.45) is 9.29. The van der Waals surface area contributed by atoms with E-state index in [-0.39, 0.29) is 36.2 Å². The SMILES string of the molecule is CC(C)=CCC/C(C)=C/CC/C(C)=C/CON=C([O-])CP(=O)(O)OCOC(=O)C(C)(C)C.[Na+]. The van der Waals surface area contributed by atoms with Gasteiger partial charge in [-0.15, -0.1) is 5.16 Å². The molecule has 0 aromatic rings. The molecular formula is C23H39NNaO7P. The molecule has 1 unspecified atom stereocenters. The zero-order valence-electron chi connectivity index (χ0n) is 21.5. The Labute approximate surface area is 221 Å². The van der Waals surface area contributed by atoms with E-state index in [1.165, 1.54) is 11.1 Å². The summed E-state index contributed by atoms with van der Waals surface area (Å²) in [6, 6.07) is 0. The molecule has 8 nitrogen and oxygen atoms in total. The number of carbonyl (C=O) groups excluding carboxylic acids is 1. The number of ether oxygens (including phenoxy) is 1. The van der Waals surface area contributed by atoms with Crippen LogP contribution in [0.5, 0.6) is 0 Å². The fraction of sp³-hybridized carbons (Fsp3) is 0.652. The first-order valence-corrected chi connectivity index (χ1v) is 12.4. The van der Waals surface area contributed by atoms with Crippen LogP contribution in [0.15, 0.2) is 40.1 Å². The molecule has 0 heterocycles. The molecule has 0 aromatic carbocycles. The summed E-state index contributed by atoms with van der Waals surface area (Å²) in [6.45, 7) is 12.6. The largest absolute Gasteiger partial charge is 1.00 e. The topological polar surface area (TPSA) is 117 Å². The van der Waals surface area contributed by atoms with Crippen molar-refractivity contribution in [1.29, 1.82) is 0 Å². The third-order valence-corrected chi connectivity index (χ3v) is 5.37. The van der Waals surface area contributed by atoms with Crippen molar-refractivity contribution in [2.75, 3.05) is 19.6 Å². The molecule has 0 rings (SSSR count). The first-order valence-electron chi connectivity index (χ1n) is 10.7. The molecule has 0 aliphatic carbocycles. The van der Waals surface area contributed by atoms with Gasteiger partial charge in [0.2, 0.25) is 6.79 Å². The van der Waals surface area contributed by atoms with E-state index in [0.717, 1.165) is 31.3 Å². The Morgan fingerprint density at radius 2 is 1.58 bits per heavy atom. The van der Waals surface area contributed by atoms with E-state index in [4.69, 9.17) is 9.57 Å². The summed E-state index contributed by atoms with van der Waals surface area (Å²) in [7, 11) is -4.29. The van der Waals surface area contributed by atoms with Crippen LogP contribution >= 0.6 is 7.60 Å². The van der Waals surface area contributed by atoms with Crippen LogP contribution in [-0.4, -0.2) is 36.3 Å². The molecule has 0 bridgehead atoms. The quantitative estimate of drug-likeness (QED) is 0.0450. The van der Waals surface area contributed by atoms with Crippen LogP contribution in [0.2, 0.25) is 0 Å². The number of oxime groups is 1. The maximum Gasteiger partial charge on any atom is 1.00 e. The van der Waals surface area contributed by atoms with E-state index in [0.29, 0.717) is 0 Å². The molecule has 0 aliphatic rings. The second-order valence-corrected chi connectivity index (χ2v) is 10.8. The van der Waals surface area contributed by atoms with Gasteiger partial charge in [0.25, 0.3) is 0 Å². The van der Waals surface area contributed by atoms with Gasteiger partial charge in [-0.3, -0.25) is 13.9 Å². The molecular weight excluding hydrogens is 456 g/mol. The predicted molar refractivity (Wildman–Crippen MR) is 125 cm³/mol. The maximum absolute atomic E-state index is 11.9. The number of hydrogen-bond donors (Lipinski definition) is 1. The molecule has 0 saturated heterocycles. The summed E-state index contributed by atoms with van der Waals surface area (Å²) in [4.78, 5) is 26.1. The van der Waals surface area contributed by atoms with Gasteiger partial charge in [0.1, 0.15) is 6.61 Å². The van der Waals surface area contributed by atoms with E-state index >= 15 is 0 Å². The fourth-order valence-corrected chi connectivity index (χ4v) is 2.96. The van der Waals surface area contributed by atoms with E-state index in [9.17, 15) is 19.4 Å². The number of carbonyl (C=O) groups is 1. The van der Waals surface area contributed by atoms with Crippen molar-refractivity contribution < 1.29 is 63.0 Å². The summed E-state index contributed by atoms with van der Waals surface area (Å²) in [5.41, 5.74) is 3.01. The second kappa shape index (κ2) is 17.5. The molecule has 0 spiro atoms. The molecule has 0 aromatic heterocycles. The van der Waals surface area contributed by atoms with Crippen molar-refractivity contribution in [3.63, 3.8) is 0 Å². The van der Waals surface area contributed by atoms with Crippen LogP contribution in [0.25, 0.3) is 0 Å². The minimum absolute atomic E-state index is 0. The zero-order valence-corrected chi connectivity index (χ0v) is 24.4. The molecule has 0 fully saturated rings. The van der Waals surface area contributed by atoms with Gasteiger partial charge in [-0.05, 0) is 80.2 Å². The fourth-order valence-electron chi connectivity index (χ4n) is 2.25. The molecule has 33 heavy (non-hydrogen) atoms. The number of allylic oxidation sites excluding steroid dienone is 5. The normalized spacial score (nSPS) is 14.7. The predicted octanol–water partition coefficient (Wildman–Crippen LogP) is 1.85. The Morgan fingerprint density at radius 1 is 1.03 bits per heavy atom. The molecule has 0 aliphatic heterocycles. The standard InChI is InChI=1S/C23H40NO7P.Na/c1-18(2)10-8-11-19(3)12-9-13-20(4)14-15-30-24-21(25)16-32(27,28)31-17-29-22(26)23(5,6)7;/h10,12,14H,8-9,11,13,15-17H2,1-7H3,(H,24,25)(H,27,28);/q;+1/p-1/b19-12+,20-14+;. The van der Waals surface area contributed by atoms with Gasteiger partial charge >= 0.3 is 43.1 Å². The molecule has 0 saturated carbocycles. The molecule has 184 valence electrons. The third-order valence-electron chi connectivity index (χ3n) is 4.19. The monoisotopic (exact) mass is 495 g/mol. The van der Waals surface area contributed by atoms with Crippen LogP contribution < -0.4 is 34.7 Å². The minimum atomic E-state index is -4.29. The van der Waals surface area contributed by atoms with E-state index in [1.54, 1.807) is 20.8 Å². The van der Waals surface area contributed by atoms with Gasteiger partial charge in [-0.25, -0.2) is 0 Å². The zero-order chi connectivity index (χ0) is 24.8. The van der Waals surface area contributed by atoms with Crippen molar-refractivity contribution >= 4 is 19.5 Å². The number of rotatable bonds is 14. The second-order valence-electron chi connectivity index (χ2n) is 8.96. The van der Waals surface area contributed by atoms with Crippen LogP contribution in [0, 0.1) is 5.41 Å². The van der Waals surface area contributed by atoms with Crippen molar-refractivity contribution in [3.8, 4) is 0 Å². The van der Waals surface area contributed by atoms with Gasteiger partial charge in [0.05, 0.1) is 11.6 Å². The third kappa shape index (κ3) is 20.2. The molecule has 1 N–H and O–H groups in total. The molecule has 10 heteroatoms. The minimum Gasteiger partial charge on any atom is -0.859 e. The van der Waals surface area contributed by atoms with E-state index < -0.39 is 37.8 Å². The number of hydrogen-bond acceptors (Lipinski definition) is 7. The van der Waals surface area contributed by atoms with Crippen LogP contribution in [0.3, 0.4) is 0 Å². The maximum atomic E-state index is 11.9. The van der Waals surface area contributed by atoms with Crippen molar-refractivity contribution in [3.05, 3.63) is 34.9 Å².